The number of hydrogen-bond acceptors (Lipinski definition) is 3. The van der Waals surface area contributed by atoms with Crippen LogP contribution in [0.2, 0.25) is 0 Å². The molecule has 0 saturated carbocycles. The Hall–Kier alpha value is -1.46. The van der Waals surface area contributed by atoms with Gasteiger partial charge in [0.1, 0.15) is 11.6 Å². The first kappa shape index (κ1) is 12.0. The van der Waals surface area contributed by atoms with Gasteiger partial charge < -0.3 is 11.5 Å². The van der Waals surface area contributed by atoms with E-state index in [2.05, 4.69) is 20.9 Å². The molecule has 1 aromatic heterocycles. The van der Waals surface area contributed by atoms with Gasteiger partial charge in [0.2, 0.25) is 0 Å². The third kappa shape index (κ3) is 2.45. The van der Waals surface area contributed by atoms with Crippen molar-refractivity contribution in [1.29, 1.82) is 0 Å². The molecule has 1 unspecified atom stereocenters. The van der Waals surface area contributed by atoms with Crippen molar-refractivity contribution in [3.05, 3.63) is 57.9 Å². The van der Waals surface area contributed by atoms with Crippen LogP contribution in [0.4, 0.5) is 10.2 Å². The maximum atomic E-state index is 13.0. The number of nitrogens with zero attached hydrogens (tertiary/aromatic N) is 1. The summed E-state index contributed by atoms with van der Waals surface area (Å²) in [6, 6.07) is 7.52. The van der Waals surface area contributed by atoms with E-state index in [-0.39, 0.29) is 5.82 Å². The Morgan fingerprint density at radius 1 is 1.24 bits per heavy atom. The highest BCUT2D eigenvalue weighted by Crippen LogP contribution is 2.29. The van der Waals surface area contributed by atoms with Crippen molar-refractivity contribution in [1.82, 2.24) is 4.98 Å². The molecule has 2 rings (SSSR count). The molecule has 0 amide bonds. The van der Waals surface area contributed by atoms with Crippen molar-refractivity contribution in [2.45, 2.75) is 6.04 Å². The highest BCUT2D eigenvalue weighted by Gasteiger charge is 2.15. The molecule has 0 radical (unpaired) electrons. The lowest BCUT2D eigenvalue weighted by Crippen LogP contribution is -2.15. The normalized spacial score (nSPS) is 12.4. The molecule has 4 N–H and O–H groups in total. The van der Waals surface area contributed by atoms with Crippen LogP contribution in [-0.2, 0) is 0 Å². The second-order valence-corrected chi connectivity index (χ2v) is 4.48. The second-order valence-electron chi connectivity index (χ2n) is 3.62. The Labute approximate surface area is 107 Å². The zero-order valence-electron chi connectivity index (χ0n) is 8.90. The molecular formula is C12H11BrFN3. The fourth-order valence-corrected chi connectivity index (χ4v) is 2.21. The van der Waals surface area contributed by atoms with Gasteiger partial charge in [-0.2, -0.15) is 0 Å². The van der Waals surface area contributed by atoms with Gasteiger partial charge in [-0.25, -0.2) is 9.37 Å². The van der Waals surface area contributed by atoms with E-state index in [9.17, 15) is 4.39 Å². The Kier molecular flexibility index (Phi) is 3.40. The predicted octanol–water partition coefficient (Wildman–Crippen LogP) is 2.61. The zero-order chi connectivity index (χ0) is 12.4. The summed E-state index contributed by atoms with van der Waals surface area (Å²) in [5, 5.41) is 0. The van der Waals surface area contributed by atoms with E-state index >= 15 is 0 Å². The minimum Gasteiger partial charge on any atom is -0.383 e. The fraction of sp³-hybridized carbons (Fsp3) is 0.0833. The topological polar surface area (TPSA) is 64.9 Å². The number of halogens is 2. The maximum absolute atomic E-state index is 13.0. The average Bonchev–Trinajstić information content (AvgIpc) is 2.29. The summed E-state index contributed by atoms with van der Waals surface area (Å²) in [5.41, 5.74) is 13.3. The van der Waals surface area contributed by atoms with Crippen LogP contribution >= 0.6 is 15.9 Å². The SMILES string of the molecule is Nc1ncccc1C(N)c1ccc(F)cc1Br. The van der Waals surface area contributed by atoms with Crippen molar-refractivity contribution in [3.8, 4) is 0 Å². The van der Waals surface area contributed by atoms with Gasteiger partial charge in [0.05, 0.1) is 6.04 Å². The standard InChI is InChI=1S/C12H11BrFN3/c13-10-6-7(14)3-4-8(10)11(15)9-2-1-5-17-12(9)16/h1-6,11H,15H2,(H2,16,17). The monoisotopic (exact) mass is 295 g/mol. The number of pyridine rings is 1. The third-order valence-corrected chi connectivity index (χ3v) is 3.19. The lowest BCUT2D eigenvalue weighted by Gasteiger charge is -2.15. The first-order valence-corrected chi connectivity index (χ1v) is 5.80. The van der Waals surface area contributed by atoms with Gasteiger partial charge in [-0.05, 0) is 23.8 Å². The molecule has 3 nitrogen and oxygen atoms in total. The second kappa shape index (κ2) is 4.81. The molecule has 0 aliphatic heterocycles. The highest BCUT2D eigenvalue weighted by molar-refractivity contribution is 9.10. The molecule has 17 heavy (non-hydrogen) atoms. The molecule has 0 spiro atoms. The van der Waals surface area contributed by atoms with Crippen molar-refractivity contribution >= 4 is 21.7 Å². The van der Waals surface area contributed by atoms with Gasteiger partial charge in [0.15, 0.2) is 0 Å². The Balaban J connectivity index is 2.44. The van der Waals surface area contributed by atoms with Gasteiger partial charge in [-0.15, -0.1) is 0 Å². The summed E-state index contributed by atoms with van der Waals surface area (Å²) in [6.07, 6.45) is 1.60. The zero-order valence-corrected chi connectivity index (χ0v) is 10.5. The molecule has 2 aromatic rings. The summed E-state index contributed by atoms with van der Waals surface area (Å²) in [4.78, 5) is 3.98. The van der Waals surface area contributed by atoms with Crippen molar-refractivity contribution in [3.63, 3.8) is 0 Å². The highest BCUT2D eigenvalue weighted by atomic mass is 79.9. The Bertz CT molecular complexity index is 545. The Morgan fingerprint density at radius 2 is 2.00 bits per heavy atom. The van der Waals surface area contributed by atoms with Gasteiger partial charge in [-0.3, -0.25) is 0 Å². The van der Waals surface area contributed by atoms with Crippen LogP contribution in [0.15, 0.2) is 41.0 Å². The van der Waals surface area contributed by atoms with Crippen LogP contribution in [0.25, 0.3) is 0 Å². The minimum absolute atomic E-state index is 0.313. The van der Waals surface area contributed by atoms with E-state index in [1.807, 2.05) is 6.07 Å². The minimum atomic E-state index is -0.432. The van der Waals surface area contributed by atoms with Gasteiger partial charge in [-0.1, -0.05) is 28.1 Å². The maximum Gasteiger partial charge on any atom is 0.128 e. The van der Waals surface area contributed by atoms with E-state index in [0.29, 0.717) is 10.3 Å². The lowest BCUT2D eigenvalue weighted by molar-refractivity contribution is 0.625. The largest absolute Gasteiger partial charge is 0.383 e. The number of aromatic nitrogens is 1. The number of benzene rings is 1. The summed E-state index contributed by atoms with van der Waals surface area (Å²) in [7, 11) is 0. The summed E-state index contributed by atoms with van der Waals surface area (Å²) in [6.45, 7) is 0. The number of nitrogens with two attached hydrogens (primary N) is 2. The van der Waals surface area contributed by atoms with Gasteiger partial charge in [0, 0.05) is 16.2 Å². The molecule has 88 valence electrons. The van der Waals surface area contributed by atoms with E-state index in [1.54, 1.807) is 18.3 Å². The van der Waals surface area contributed by atoms with Crippen molar-refractivity contribution in [2.24, 2.45) is 5.73 Å². The molecule has 0 bridgehead atoms. The van der Waals surface area contributed by atoms with Gasteiger partial charge in [0.25, 0.3) is 0 Å². The first-order valence-electron chi connectivity index (χ1n) is 5.00. The molecule has 0 fully saturated rings. The molecule has 1 atom stereocenters. The third-order valence-electron chi connectivity index (χ3n) is 2.50. The molecular weight excluding hydrogens is 285 g/mol. The van der Waals surface area contributed by atoms with Crippen LogP contribution in [0.1, 0.15) is 17.2 Å². The molecule has 0 aliphatic carbocycles. The molecule has 1 aromatic carbocycles. The Morgan fingerprint density at radius 3 is 2.65 bits per heavy atom. The summed E-state index contributed by atoms with van der Waals surface area (Å²) < 4.78 is 13.6. The summed E-state index contributed by atoms with van der Waals surface area (Å²) >= 11 is 3.29. The summed E-state index contributed by atoms with van der Waals surface area (Å²) in [5.74, 6) is 0.0724. The quantitative estimate of drug-likeness (QED) is 0.895. The molecule has 1 heterocycles. The molecule has 5 heteroatoms. The number of anilines is 1. The fourth-order valence-electron chi connectivity index (χ4n) is 1.61. The van der Waals surface area contributed by atoms with Crippen LogP contribution in [0.3, 0.4) is 0 Å². The van der Waals surface area contributed by atoms with E-state index in [0.717, 1.165) is 11.1 Å². The van der Waals surface area contributed by atoms with Crippen LogP contribution in [0, 0.1) is 5.82 Å². The smallest absolute Gasteiger partial charge is 0.128 e. The lowest BCUT2D eigenvalue weighted by atomic mass is 10.0. The predicted molar refractivity (Wildman–Crippen MR) is 68.8 cm³/mol. The average molecular weight is 296 g/mol. The number of rotatable bonds is 2. The van der Waals surface area contributed by atoms with Crippen LogP contribution < -0.4 is 11.5 Å². The van der Waals surface area contributed by atoms with E-state index in [4.69, 9.17) is 11.5 Å². The number of nitrogen functional groups attached to an aromatic ring is 1. The van der Waals surface area contributed by atoms with Crippen LogP contribution in [-0.4, -0.2) is 4.98 Å². The number of hydrogen-bond donors (Lipinski definition) is 2. The van der Waals surface area contributed by atoms with Crippen LogP contribution in [0.5, 0.6) is 0 Å². The van der Waals surface area contributed by atoms with E-state index in [1.165, 1.54) is 12.1 Å². The van der Waals surface area contributed by atoms with Crippen molar-refractivity contribution in [2.75, 3.05) is 5.73 Å². The first-order chi connectivity index (χ1) is 8.09. The molecule has 0 saturated heterocycles. The van der Waals surface area contributed by atoms with Crippen molar-refractivity contribution < 1.29 is 4.39 Å². The molecule has 0 aliphatic rings. The van der Waals surface area contributed by atoms with Gasteiger partial charge >= 0.3 is 0 Å². The van der Waals surface area contributed by atoms with E-state index < -0.39 is 6.04 Å².